The molecule has 1 amide bonds. The minimum absolute atomic E-state index is 0.166. The van der Waals surface area contributed by atoms with Gasteiger partial charge in [0.25, 0.3) is 0 Å². The first-order valence-corrected chi connectivity index (χ1v) is 9.56. The van der Waals surface area contributed by atoms with Crippen LogP contribution in [0.25, 0.3) is 0 Å². The van der Waals surface area contributed by atoms with Gasteiger partial charge in [-0.2, -0.15) is 0 Å². The van der Waals surface area contributed by atoms with E-state index >= 15 is 0 Å². The molecule has 0 fully saturated rings. The van der Waals surface area contributed by atoms with Crippen LogP contribution < -0.4 is 15.8 Å². The summed E-state index contributed by atoms with van der Waals surface area (Å²) in [5.41, 5.74) is 6.81. The van der Waals surface area contributed by atoms with Gasteiger partial charge in [0.05, 0.1) is 0 Å². The molecule has 0 aliphatic rings. The zero-order chi connectivity index (χ0) is 18.1. The standard InChI is InChI=1S/C15H20N2O5S2/c1-9-3-5-11(6-4-9)22-15(21)12(16)7-23-24-8-13(14(19)20)17-10(2)18/h3-6,12-13H,7-8,16H2,1-2H3,(H,17,18)(H,19,20). The molecule has 0 radical (unpaired) electrons. The summed E-state index contributed by atoms with van der Waals surface area (Å²) >= 11 is 0. The van der Waals surface area contributed by atoms with E-state index in [2.05, 4.69) is 5.32 Å². The van der Waals surface area contributed by atoms with Crippen LogP contribution in [-0.4, -0.2) is 46.5 Å². The van der Waals surface area contributed by atoms with Crippen LogP contribution in [0.4, 0.5) is 0 Å². The number of aliphatic carboxylic acids is 1. The lowest BCUT2D eigenvalue weighted by Crippen LogP contribution is -2.41. The van der Waals surface area contributed by atoms with Gasteiger partial charge in [0.2, 0.25) is 5.91 Å². The van der Waals surface area contributed by atoms with Crippen molar-refractivity contribution in [3.8, 4) is 5.75 Å². The van der Waals surface area contributed by atoms with E-state index in [4.69, 9.17) is 15.6 Å². The largest absolute Gasteiger partial charge is 0.480 e. The summed E-state index contributed by atoms with van der Waals surface area (Å²) in [5, 5.41) is 11.3. The second-order valence-corrected chi connectivity index (χ2v) is 7.55. The highest BCUT2D eigenvalue weighted by molar-refractivity contribution is 8.76. The molecule has 24 heavy (non-hydrogen) atoms. The first-order valence-electron chi connectivity index (χ1n) is 7.08. The number of benzene rings is 1. The van der Waals surface area contributed by atoms with Crippen LogP contribution in [0.5, 0.6) is 5.75 Å². The molecule has 9 heteroatoms. The number of ether oxygens (including phenoxy) is 1. The van der Waals surface area contributed by atoms with E-state index in [9.17, 15) is 14.4 Å². The summed E-state index contributed by atoms with van der Waals surface area (Å²) in [5.74, 6) is -1.21. The zero-order valence-corrected chi connectivity index (χ0v) is 15.0. The van der Waals surface area contributed by atoms with Crippen molar-refractivity contribution in [3.63, 3.8) is 0 Å². The second-order valence-electron chi connectivity index (χ2n) is 5.00. The Kier molecular flexibility index (Phi) is 8.66. The zero-order valence-electron chi connectivity index (χ0n) is 13.4. The van der Waals surface area contributed by atoms with Crippen LogP contribution in [0, 0.1) is 6.92 Å². The highest BCUT2D eigenvalue weighted by atomic mass is 33.1. The average Bonchev–Trinajstić information content (AvgIpc) is 2.51. The summed E-state index contributed by atoms with van der Waals surface area (Å²) < 4.78 is 5.16. The van der Waals surface area contributed by atoms with E-state index in [0.717, 1.165) is 5.56 Å². The first-order chi connectivity index (χ1) is 11.3. The lowest BCUT2D eigenvalue weighted by molar-refractivity contribution is -0.140. The molecule has 0 spiro atoms. The van der Waals surface area contributed by atoms with Crippen LogP contribution in [-0.2, 0) is 14.4 Å². The third-order valence-corrected chi connectivity index (χ3v) is 5.23. The SMILES string of the molecule is CC(=O)NC(CSSCC(N)C(=O)Oc1ccc(C)cc1)C(=O)O. The van der Waals surface area contributed by atoms with Crippen molar-refractivity contribution in [1.82, 2.24) is 5.32 Å². The van der Waals surface area contributed by atoms with Crippen molar-refractivity contribution in [3.05, 3.63) is 29.8 Å². The Hall–Kier alpha value is -1.71. The second kappa shape index (κ2) is 10.2. The molecular formula is C15H20N2O5S2. The Morgan fingerprint density at radius 2 is 1.79 bits per heavy atom. The number of nitrogens with two attached hydrogens (primary N) is 1. The van der Waals surface area contributed by atoms with Gasteiger partial charge in [-0.25, -0.2) is 9.59 Å². The molecule has 0 bridgehead atoms. The molecule has 0 aromatic heterocycles. The molecule has 0 saturated heterocycles. The smallest absolute Gasteiger partial charge is 0.329 e. The maximum atomic E-state index is 11.9. The molecule has 0 saturated carbocycles. The number of esters is 1. The monoisotopic (exact) mass is 372 g/mol. The number of amides is 1. The fourth-order valence-corrected chi connectivity index (χ4v) is 3.79. The van der Waals surface area contributed by atoms with Gasteiger partial charge in [0.1, 0.15) is 17.8 Å². The predicted molar refractivity (Wildman–Crippen MR) is 94.9 cm³/mol. The predicted octanol–water partition coefficient (Wildman–Crippen LogP) is 1.20. The lowest BCUT2D eigenvalue weighted by atomic mass is 10.2. The van der Waals surface area contributed by atoms with Crippen LogP contribution in [0.3, 0.4) is 0 Å². The fourth-order valence-electron chi connectivity index (χ4n) is 1.52. The summed E-state index contributed by atoms with van der Waals surface area (Å²) in [6, 6.07) is 5.22. The molecule has 1 rings (SSSR count). The number of carboxylic acid groups (broad SMARTS) is 1. The van der Waals surface area contributed by atoms with Crippen LogP contribution in [0.15, 0.2) is 24.3 Å². The molecular weight excluding hydrogens is 352 g/mol. The molecule has 0 aliphatic heterocycles. The average molecular weight is 372 g/mol. The van der Waals surface area contributed by atoms with Crippen molar-refractivity contribution >= 4 is 39.4 Å². The van der Waals surface area contributed by atoms with Crippen molar-refractivity contribution in [1.29, 1.82) is 0 Å². The normalized spacial score (nSPS) is 13.0. The van der Waals surface area contributed by atoms with E-state index < -0.39 is 29.9 Å². The molecule has 7 nitrogen and oxygen atoms in total. The number of carbonyl (C=O) groups excluding carboxylic acids is 2. The molecule has 1 aromatic rings. The molecule has 132 valence electrons. The summed E-state index contributed by atoms with van der Waals surface area (Å²) in [4.78, 5) is 33.7. The Bertz CT molecular complexity index is 580. The van der Waals surface area contributed by atoms with Gasteiger partial charge in [0.15, 0.2) is 0 Å². The van der Waals surface area contributed by atoms with Crippen molar-refractivity contribution < 1.29 is 24.2 Å². The van der Waals surface area contributed by atoms with Crippen LogP contribution in [0.2, 0.25) is 0 Å². The Morgan fingerprint density at radius 1 is 1.21 bits per heavy atom. The minimum Gasteiger partial charge on any atom is -0.480 e. The number of nitrogens with one attached hydrogen (secondary N) is 1. The van der Waals surface area contributed by atoms with Crippen LogP contribution in [0.1, 0.15) is 12.5 Å². The van der Waals surface area contributed by atoms with Crippen molar-refractivity contribution in [2.45, 2.75) is 25.9 Å². The van der Waals surface area contributed by atoms with Gasteiger partial charge in [-0.15, -0.1) is 0 Å². The van der Waals surface area contributed by atoms with E-state index in [1.54, 1.807) is 12.1 Å². The van der Waals surface area contributed by atoms with E-state index in [0.29, 0.717) is 5.75 Å². The molecule has 1 aromatic carbocycles. The van der Waals surface area contributed by atoms with Gasteiger partial charge in [0, 0.05) is 18.4 Å². The Balaban J connectivity index is 2.33. The number of carboxylic acids is 1. The van der Waals surface area contributed by atoms with Gasteiger partial charge in [-0.1, -0.05) is 39.3 Å². The Labute approximate surface area is 148 Å². The minimum atomic E-state index is -1.11. The highest BCUT2D eigenvalue weighted by Crippen LogP contribution is 2.23. The molecule has 2 atom stereocenters. The van der Waals surface area contributed by atoms with Gasteiger partial charge < -0.3 is 20.9 Å². The number of carbonyl (C=O) groups is 3. The maximum absolute atomic E-state index is 11.9. The van der Waals surface area contributed by atoms with Gasteiger partial charge in [-0.3, -0.25) is 4.79 Å². The first kappa shape index (κ1) is 20.3. The number of hydrogen-bond acceptors (Lipinski definition) is 7. The Morgan fingerprint density at radius 3 is 2.33 bits per heavy atom. The van der Waals surface area contributed by atoms with E-state index in [1.807, 2.05) is 19.1 Å². The third-order valence-electron chi connectivity index (χ3n) is 2.78. The molecule has 2 unspecified atom stereocenters. The maximum Gasteiger partial charge on any atom is 0.329 e. The third kappa shape index (κ3) is 7.71. The lowest BCUT2D eigenvalue weighted by Gasteiger charge is -2.13. The summed E-state index contributed by atoms with van der Waals surface area (Å²) in [7, 11) is 2.47. The fraction of sp³-hybridized carbons (Fsp3) is 0.400. The van der Waals surface area contributed by atoms with E-state index in [-0.39, 0.29) is 11.5 Å². The van der Waals surface area contributed by atoms with Crippen molar-refractivity contribution in [2.75, 3.05) is 11.5 Å². The number of hydrogen-bond donors (Lipinski definition) is 3. The number of aryl methyl sites for hydroxylation is 1. The quantitative estimate of drug-likeness (QED) is 0.256. The number of rotatable bonds is 9. The topological polar surface area (TPSA) is 119 Å². The summed E-state index contributed by atoms with van der Waals surface area (Å²) in [6.07, 6.45) is 0. The molecule has 0 heterocycles. The van der Waals surface area contributed by atoms with Gasteiger partial charge >= 0.3 is 11.9 Å². The molecule has 0 aliphatic carbocycles. The molecule has 4 N–H and O–H groups in total. The van der Waals surface area contributed by atoms with E-state index in [1.165, 1.54) is 28.5 Å². The van der Waals surface area contributed by atoms with Gasteiger partial charge in [-0.05, 0) is 19.1 Å². The van der Waals surface area contributed by atoms with Crippen LogP contribution >= 0.6 is 21.6 Å². The highest BCUT2D eigenvalue weighted by Gasteiger charge is 2.20. The van der Waals surface area contributed by atoms with Crippen molar-refractivity contribution in [2.24, 2.45) is 5.73 Å². The summed E-state index contributed by atoms with van der Waals surface area (Å²) in [6.45, 7) is 3.18.